The lowest BCUT2D eigenvalue weighted by molar-refractivity contribution is 0.0523. The standard InChI is InChI=1S/C10H17N3O2S/c1-10(2,3)15-9(14)12-5-7-6-16-8(11-4)13-7/h6H,5H2,1-4H3,(H,11,13)(H,12,14). The zero-order chi connectivity index (χ0) is 12.2. The van der Waals surface area contributed by atoms with Gasteiger partial charge in [0.15, 0.2) is 5.13 Å². The number of nitrogens with zero attached hydrogens (tertiary/aromatic N) is 1. The van der Waals surface area contributed by atoms with Crippen molar-refractivity contribution >= 4 is 22.6 Å². The van der Waals surface area contributed by atoms with Gasteiger partial charge < -0.3 is 15.4 Å². The molecule has 0 aliphatic carbocycles. The molecule has 16 heavy (non-hydrogen) atoms. The minimum atomic E-state index is -0.470. The van der Waals surface area contributed by atoms with Crippen molar-refractivity contribution in [1.29, 1.82) is 0 Å². The van der Waals surface area contributed by atoms with Crippen LogP contribution in [0.2, 0.25) is 0 Å². The summed E-state index contributed by atoms with van der Waals surface area (Å²) in [4.78, 5) is 15.6. The summed E-state index contributed by atoms with van der Waals surface area (Å²) in [7, 11) is 1.81. The maximum atomic E-state index is 11.3. The molecular formula is C10H17N3O2S. The average Bonchev–Trinajstić information content (AvgIpc) is 2.59. The van der Waals surface area contributed by atoms with E-state index in [9.17, 15) is 4.79 Å². The lowest BCUT2D eigenvalue weighted by atomic mass is 10.2. The molecule has 5 nitrogen and oxygen atoms in total. The third kappa shape index (κ3) is 4.48. The first kappa shape index (κ1) is 12.8. The Morgan fingerprint density at radius 3 is 2.75 bits per heavy atom. The first-order chi connectivity index (χ1) is 7.40. The van der Waals surface area contributed by atoms with Gasteiger partial charge in [-0.2, -0.15) is 0 Å². The van der Waals surface area contributed by atoms with Gasteiger partial charge in [-0.05, 0) is 20.8 Å². The Hall–Kier alpha value is -1.30. The smallest absolute Gasteiger partial charge is 0.407 e. The van der Waals surface area contributed by atoms with E-state index in [0.29, 0.717) is 6.54 Å². The Morgan fingerprint density at radius 2 is 2.25 bits per heavy atom. The zero-order valence-corrected chi connectivity index (χ0v) is 10.8. The maximum absolute atomic E-state index is 11.3. The van der Waals surface area contributed by atoms with Crippen molar-refractivity contribution in [1.82, 2.24) is 10.3 Å². The highest BCUT2D eigenvalue weighted by molar-refractivity contribution is 7.13. The molecule has 0 saturated carbocycles. The van der Waals surface area contributed by atoms with Crippen LogP contribution in [0.1, 0.15) is 26.5 Å². The van der Waals surface area contributed by atoms with Gasteiger partial charge in [-0.25, -0.2) is 9.78 Å². The number of alkyl carbamates (subject to hydrolysis) is 1. The van der Waals surface area contributed by atoms with Gasteiger partial charge >= 0.3 is 6.09 Å². The Kier molecular flexibility index (Phi) is 4.12. The Morgan fingerprint density at radius 1 is 1.56 bits per heavy atom. The van der Waals surface area contributed by atoms with Gasteiger partial charge in [0.1, 0.15) is 5.60 Å². The third-order valence-electron chi connectivity index (χ3n) is 1.58. The van der Waals surface area contributed by atoms with Crippen molar-refractivity contribution in [3.8, 4) is 0 Å². The molecule has 1 rings (SSSR count). The fourth-order valence-corrected chi connectivity index (χ4v) is 1.65. The van der Waals surface area contributed by atoms with Crippen molar-refractivity contribution in [2.24, 2.45) is 0 Å². The fraction of sp³-hybridized carbons (Fsp3) is 0.600. The number of aromatic nitrogens is 1. The second-order valence-corrected chi connectivity index (χ2v) is 5.11. The number of carbonyl (C=O) groups excluding carboxylic acids is 1. The molecule has 0 atom stereocenters. The molecule has 0 radical (unpaired) electrons. The number of nitrogens with one attached hydrogen (secondary N) is 2. The minimum Gasteiger partial charge on any atom is -0.444 e. The van der Waals surface area contributed by atoms with Crippen molar-refractivity contribution in [3.05, 3.63) is 11.1 Å². The van der Waals surface area contributed by atoms with Crippen molar-refractivity contribution in [3.63, 3.8) is 0 Å². The van der Waals surface area contributed by atoms with Crippen LogP contribution in [0.25, 0.3) is 0 Å². The molecule has 6 heteroatoms. The number of amides is 1. The zero-order valence-electron chi connectivity index (χ0n) is 9.96. The second-order valence-electron chi connectivity index (χ2n) is 4.25. The van der Waals surface area contributed by atoms with Crippen molar-refractivity contribution < 1.29 is 9.53 Å². The first-order valence-corrected chi connectivity index (χ1v) is 5.87. The third-order valence-corrected chi connectivity index (χ3v) is 2.49. The molecule has 2 N–H and O–H groups in total. The van der Waals surface area contributed by atoms with E-state index in [2.05, 4.69) is 15.6 Å². The number of thiazole rings is 1. The molecule has 0 unspecified atom stereocenters. The summed E-state index contributed by atoms with van der Waals surface area (Å²) < 4.78 is 5.10. The highest BCUT2D eigenvalue weighted by atomic mass is 32.1. The van der Waals surface area contributed by atoms with Crippen LogP contribution in [0.15, 0.2) is 5.38 Å². The summed E-state index contributed by atoms with van der Waals surface area (Å²) in [5.74, 6) is 0. The highest BCUT2D eigenvalue weighted by Gasteiger charge is 2.15. The van der Waals surface area contributed by atoms with Gasteiger partial charge in [-0.15, -0.1) is 11.3 Å². The van der Waals surface area contributed by atoms with Crippen LogP contribution in [0.3, 0.4) is 0 Å². The van der Waals surface area contributed by atoms with Gasteiger partial charge in [0.25, 0.3) is 0 Å². The molecule has 1 amide bonds. The molecule has 0 spiro atoms. The van der Waals surface area contributed by atoms with Gasteiger partial charge in [0.05, 0.1) is 12.2 Å². The van der Waals surface area contributed by atoms with E-state index in [-0.39, 0.29) is 0 Å². The fourth-order valence-electron chi connectivity index (χ4n) is 0.980. The van der Waals surface area contributed by atoms with Gasteiger partial charge in [0.2, 0.25) is 0 Å². The molecule has 0 bridgehead atoms. The average molecular weight is 243 g/mol. The van der Waals surface area contributed by atoms with Crippen LogP contribution in [0.5, 0.6) is 0 Å². The molecule has 0 aliphatic rings. The van der Waals surface area contributed by atoms with Crippen molar-refractivity contribution in [2.75, 3.05) is 12.4 Å². The van der Waals surface area contributed by atoms with E-state index < -0.39 is 11.7 Å². The van der Waals surface area contributed by atoms with Crippen LogP contribution in [-0.2, 0) is 11.3 Å². The molecule has 0 aliphatic heterocycles. The van der Waals surface area contributed by atoms with E-state index in [1.54, 1.807) is 0 Å². The molecule has 1 aromatic rings. The molecule has 0 saturated heterocycles. The SMILES string of the molecule is CNc1nc(CNC(=O)OC(C)(C)C)cs1. The normalized spacial score (nSPS) is 11.0. The number of hydrogen-bond donors (Lipinski definition) is 2. The Labute approximate surface area is 99.2 Å². The van der Waals surface area contributed by atoms with Crippen LogP contribution < -0.4 is 10.6 Å². The van der Waals surface area contributed by atoms with E-state index in [1.165, 1.54) is 11.3 Å². The van der Waals surface area contributed by atoms with Crippen LogP contribution in [0.4, 0.5) is 9.93 Å². The van der Waals surface area contributed by atoms with E-state index >= 15 is 0 Å². The predicted octanol–water partition coefficient (Wildman–Crippen LogP) is 2.21. The maximum Gasteiger partial charge on any atom is 0.407 e. The summed E-state index contributed by atoms with van der Waals surface area (Å²) in [6, 6.07) is 0. The lowest BCUT2D eigenvalue weighted by Gasteiger charge is -2.19. The number of hydrogen-bond acceptors (Lipinski definition) is 5. The molecular weight excluding hydrogens is 226 g/mol. The van der Waals surface area contributed by atoms with Crippen LogP contribution >= 0.6 is 11.3 Å². The van der Waals surface area contributed by atoms with Crippen LogP contribution in [0, 0.1) is 0 Å². The molecule has 0 fully saturated rings. The van der Waals surface area contributed by atoms with E-state index in [4.69, 9.17) is 4.74 Å². The number of ether oxygens (including phenoxy) is 1. The summed E-state index contributed by atoms with van der Waals surface area (Å²) in [5.41, 5.74) is 0.350. The highest BCUT2D eigenvalue weighted by Crippen LogP contribution is 2.14. The second kappa shape index (κ2) is 5.16. The number of rotatable bonds is 3. The van der Waals surface area contributed by atoms with Crippen LogP contribution in [-0.4, -0.2) is 23.7 Å². The molecule has 0 aromatic carbocycles. The predicted molar refractivity (Wildman–Crippen MR) is 64.7 cm³/mol. The molecule has 1 aromatic heterocycles. The van der Waals surface area contributed by atoms with Gasteiger partial charge in [-0.3, -0.25) is 0 Å². The minimum absolute atomic E-state index is 0.382. The topological polar surface area (TPSA) is 63.2 Å². The molecule has 1 heterocycles. The van der Waals surface area contributed by atoms with E-state index in [0.717, 1.165) is 10.8 Å². The monoisotopic (exact) mass is 243 g/mol. The number of anilines is 1. The van der Waals surface area contributed by atoms with Gasteiger partial charge in [0, 0.05) is 12.4 Å². The lowest BCUT2D eigenvalue weighted by Crippen LogP contribution is -2.32. The summed E-state index contributed by atoms with van der Waals surface area (Å²) in [5, 5.41) is 8.31. The summed E-state index contributed by atoms with van der Waals surface area (Å²) in [6.07, 6.45) is -0.425. The Bertz CT molecular complexity index is 357. The summed E-state index contributed by atoms with van der Waals surface area (Å²) in [6.45, 7) is 5.87. The number of carbonyl (C=O) groups is 1. The largest absolute Gasteiger partial charge is 0.444 e. The quantitative estimate of drug-likeness (QED) is 0.854. The summed E-state index contributed by atoms with van der Waals surface area (Å²) >= 11 is 1.50. The molecule has 90 valence electrons. The Balaban J connectivity index is 2.37. The van der Waals surface area contributed by atoms with E-state index in [1.807, 2.05) is 33.2 Å². The van der Waals surface area contributed by atoms with Gasteiger partial charge in [-0.1, -0.05) is 0 Å². The van der Waals surface area contributed by atoms with Crippen molar-refractivity contribution in [2.45, 2.75) is 32.9 Å². The first-order valence-electron chi connectivity index (χ1n) is 5.00.